The minimum atomic E-state index is -0.255. The maximum absolute atomic E-state index is 11.0. The lowest BCUT2D eigenvalue weighted by Gasteiger charge is -2.11. The van der Waals surface area contributed by atoms with Crippen molar-refractivity contribution in [1.29, 1.82) is 0 Å². The van der Waals surface area contributed by atoms with Gasteiger partial charge in [-0.2, -0.15) is 0 Å². The van der Waals surface area contributed by atoms with E-state index in [1.807, 2.05) is 13.0 Å². The van der Waals surface area contributed by atoms with Crippen molar-refractivity contribution in [2.45, 2.75) is 76.9 Å². The molecule has 0 bridgehead atoms. The molecule has 0 spiro atoms. The summed E-state index contributed by atoms with van der Waals surface area (Å²) in [7, 11) is 0. The van der Waals surface area contributed by atoms with Crippen molar-refractivity contribution in [2.24, 2.45) is 0 Å². The first kappa shape index (κ1) is 15.1. The summed E-state index contributed by atoms with van der Waals surface area (Å²) in [6.45, 7) is 5.74. The minimum Gasteiger partial charge on any atom is -0.444 e. The van der Waals surface area contributed by atoms with Gasteiger partial charge in [0.15, 0.2) is 0 Å². The minimum absolute atomic E-state index is 0.0880. The zero-order valence-electron chi connectivity index (χ0n) is 11.6. The predicted molar refractivity (Wildman–Crippen MR) is 74.6 cm³/mol. The van der Waals surface area contributed by atoms with Crippen molar-refractivity contribution in [3.8, 4) is 0 Å². The molecule has 0 aromatic rings. The zero-order chi connectivity index (χ0) is 13.2. The summed E-state index contributed by atoms with van der Waals surface area (Å²) in [5.74, 6) is 0. The lowest BCUT2D eigenvalue weighted by molar-refractivity contribution is 0.126. The fraction of sp³-hybridized carbons (Fsp3) is 0.800. The summed E-state index contributed by atoms with van der Waals surface area (Å²) in [4.78, 5) is 11.0. The molecule has 0 radical (unpaired) electrons. The molecule has 18 heavy (non-hydrogen) atoms. The first-order chi connectivity index (χ1) is 8.74. The smallest absolute Gasteiger partial charge is 0.407 e. The second kappa shape index (κ2) is 9.01. The van der Waals surface area contributed by atoms with E-state index in [0.717, 1.165) is 19.3 Å². The molecule has 1 rings (SSSR count). The molecule has 104 valence electrons. The van der Waals surface area contributed by atoms with E-state index in [1.54, 1.807) is 0 Å². The summed E-state index contributed by atoms with van der Waals surface area (Å²) >= 11 is 0. The lowest BCUT2D eigenvalue weighted by Crippen LogP contribution is -2.27. The Morgan fingerprint density at radius 1 is 1.17 bits per heavy atom. The molecule has 3 heteroatoms. The Balaban J connectivity index is 1.87. The fourth-order valence-electron chi connectivity index (χ4n) is 2.38. The van der Waals surface area contributed by atoms with Gasteiger partial charge in [0.05, 0.1) is 6.04 Å². The van der Waals surface area contributed by atoms with Crippen LogP contribution in [0.15, 0.2) is 12.7 Å². The number of unbranched alkanes of at least 4 members (excludes halogenated alkanes) is 7. The summed E-state index contributed by atoms with van der Waals surface area (Å²) in [6.07, 6.45) is 13.0. The van der Waals surface area contributed by atoms with Crippen molar-refractivity contribution in [3.63, 3.8) is 0 Å². The van der Waals surface area contributed by atoms with Crippen LogP contribution in [0.1, 0.15) is 64.7 Å². The van der Waals surface area contributed by atoms with Crippen LogP contribution in [0, 0.1) is 0 Å². The number of cyclic esters (lactones) is 1. The fourth-order valence-corrected chi connectivity index (χ4v) is 2.38. The van der Waals surface area contributed by atoms with Crippen LogP contribution in [0.25, 0.3) is 0 Å². The number of nitrogens with one attached hydrogen (secondary N) is 1. The van der Waals surface area contributed by atoms with Gasteiger partial charge in [-0.15, -0.1) is 6.58 Å². The molecule has 1 heterocycles. The van der Waals surface area contributed by atoms with Gasteiger partial charge < -0.3 is 10.1 Å². The molecule has 1 aliphatic heterocycles. The summed E-state index contributed by atoms with van der Waals surface area (Å²) in [5.41, 5.74) is 0. The molecule has 3 nitrogen and oxygen atoms in total. The van der Waals surface area contributed by atoms with Crippen LogP contribution in [-0.4, -0.2) is 18.2 Å². The number of rotatable bonds is 10. The van der Waals surface area contributed by atoms with Gasteiger partial charge in [0, 0.05) is 0 Å². The third kappa shape index (κ3) is 6.08. The largest absolute Gasteiger partial charge is 0.444 e. The van der Waals surface area contributed by atoms with E-state index in [9.17, 15) is 4.79 Å². The van der Waals surface area contributed by atoms with E-state index in [2.05, 4.69) is 11.9 Å². The lowest BCUT2D eigenvalue weighted by atomic mass is 10.0. The van der Waals surface area contributed by atoms with Crippen LogP contribution in [0.3, 0.4) is 0 Å². The zero-order valence-corrected chi connectivity index (χ0v) is 11.6. The molecular weight excluding hydrogens is 226 g/mol. The number of hydrogen-bond donors (Lipinski definition) is 1. The van der Waals surface area contributed by atoms with Gasteiger partial charge in [0.25, 0.3) is 0 Å². The highest BCUT2D eigenvalue weighted by Gasteiger charge is 2.29. The summed E-state index contributed by atoms with van der Waals surface area (Å²) < 4.78 is 5.19. The molecule has 0 saturated carbocycles. The number of allylic oxidation sites excluding steroid dienone is 1. The molecule has 2 atom stereocenters. The molecule has 0 aliphatic carbocycles. The Bertz CT molecular complexity index is 253. The van der Waals surface area contributed by atoms with Gasteiger partial charge in [0.1, 0.15) is 6.10 Å². The van der Waals surface area contributed by atoms with Crippen LogP contribution < -0.4 is 5.32 Å². The van der Waals surface area contributed by atoms with Crippen LogP contribution in [0.4, 0.5) is 4.79 Å². The number of amides is 1. The van der Waals surface area contributed by atoms with E-state index in [0.29, 0.717) is 0 Å². The van der Waals surface area contributed by atoms with E-state index in [4.69, 9.17) is 4.74 Å². The van der Waals surface area contributed by atoms with Gasteiger partial charge in [-0.05, 0) is 32.6 Å². The molecular formula is C15H27NO2. The Hall–Kier alpha value is -0.990. The van der Waals surface area contributed by atoms with Crippen molar-refractivity contribution in [3.05, 3.63) is 12.7 Å². The van der Waals surface area contributed by atoms with Crippen molar-refractivity contribution >= 4 is 6.09 Å². The highest BCUT2D eigenvalue weighted by Crippen LogP contribution is 2.17. The van der Waals surface area contributed by atoms with E-state index >= 15 is 0 Å². The highest BCUT2D eigenvalue weighted by molar-refractivity contribution is 5.70. The predicted octanol–water partition coefficient (Wildman–Crippen LogP) is 4.18. The molecule has 1 N–H and O–H groups in total. The van der Waals surface area contributed by atoms with E-state index in [1.165, 1.54) is 38.5 Å². The van der Waals surface area contributed by atoms with Crippen LogP contribution >= 0.6 is 0 Å². The van der Waals surface area contributed by atoms with Gasteiger partial charge in [-0.3, -0.25) is 0 Å². The molecule has 1 fully saturated rings. The standard InChI is InChI=1S/C15H27NO2/c1-3-4-5-6-7-8-9-10-11-12-14-13(2)16-15(17)18-14/h3,13-14H,1,4-12H2,2H3,(H,16,17)/t13-,14+/m0/s1. The van der Waals surface area contributed by atoms with E-state index < -0.39 is 0 Å². The molecule has 1 saturated heterocycles. The maximum Gasteiger partial charge on any atom is 0.407 e. The Morgan fingerprint density at radius 2 is 1.78 bits per heavy atom. The van der Waals surface area contributed by atoms with Crippen LogP contribution in [0.5, 0.6) is 0 Å². The number of carbonyl (C=O) groups excluding carboxylic acids is 1. The van der Waals surface area contributed by atoms with Gasteiger partial charge in [0.2, 0.25) is 0 Å². The first-order valence-corrected chi connectivity index (χ1v) is 7.32. The molecule has 0 unspecified atom stereocenters. The number of ether oxygens (including phenoxy) is 1. The number of alkyl carbamates (subject to hydrolysis) is 1. The third-order valence-electron chi connectivity index (χ3n) is 3.56. The van der Waals surface area contributed by atoms with Gasteiger partial charge >= 0.3 is 6.09 Å². The van der Waals surface area contributed by atoms with Crippen LogP contribution in [0.2, 0.25) is 0 Å². The molecule has 1 amide bonds. The Kier molecular flexibility index (Phi) is 7.54. The molecule has 1 aliphatic rings. The average Bonchev–Trinajstić information content (AvgIpc) is 2.66. The second-order valence-corrected chi connectivity index (χ2v) is 5.22. The van der Waals surface area contributed by atoms with Crippen molar-refractivity contribution < 1.29 is 9.53 Å². The third-order valence-corrected chi connectivity index (χ3v) is 3.56. The topological polar surface area (TPSA) is 38.3 Å². The number of carbonyl (C=O) groups is 1. The van der Waals surface area contributed by atoms with Crippen LogP contribution in [-0.2, 0) is 4.74 Å². The Labute approximate surface area is 111 Å². The monoisotopic (exact) mass is 253 g/mol. The second-order valence-electron chi connectivity index (χ2n) is 5.22. The quantitative estimate of drug-likeness (QED) is 0.468. The maximum atomic E-state index is 11.0. The van der Waals surface area contributed by atoms with Crippen molar-refractivity contribution in [2.75, 3.05) is 0 Å². The molecule has 0 aromatic heterocycles. The normalized spacial score (nSPS) is 22.6. The first-order valence-electron chi connectivity index (χ1n) is 7.32. The van der Waals surface area contributed by atoms with Gasteiger partial charge in [-0.25, -0.2) is 4.79 Å². The SMILES string of the molecule is C=CCCCCCCCCC[C@H]1OC(=O)N[C@H]1C. The van der Waals surface area contributed by atoms with Crippen molar-refractivity contribution in [1.82, 2.24) is 5.32 Å². The van der Waals surface area contributed by atoms with E-state index in [-0.39, 0.29) is 18.2 Å². The Morgan fingerprint density at radius 3 is 2.33 bits per heavy atom. The number of hydrogen-bond acceptors (Lipinski definition) is 2. The summed E-state index contributed by atoms with van der Waals surface area (Å²) in [5, 5.41) is 2.78. The molecule has 0 aromatic carbocycles. The highest BCUT2D eigenvalue weighted by atomic mass is 16.6. The van der Waals surface area contributed by atoms with Gasteiger partial charge in [-0.1, -0.05) is 38.2 Å². The summed E-state index contributed by atoms with van der Waals surface area (Å²) in [6, 6.07) is 0.177. The average molecular weight is 253 g/mol.